The second-order valence-corrected chi connectivity index (χ2v) is 1.15. The first-order valence-corrected chi connectivity index (χ1v) is 1.98. The maximum absolute atomic E-state index is 9.85. The van der Waals surface area contributed by atoms with E-state index in [2.05, 4.69) is 9.78 Å². The Balaban J connectivity index is 0. The normalized spacial score (nSPS) is 6.89. The Kier molecular flexibility index (Phi) is 7.01. The summed E-state index contributed by atoms with van der Waals surface area (Å²) in [5, 5.41) is 0. The molecule has 0 saturated heterocycles. The van der Waals surface area contributed by atoms with E-state index in [1.54, 1.807) is 0 Å². The average molecular weight is 182 g/mol. The van der Waals surface area contributed by atoms with E-state index in [1.807, 2.05) is 0 Å². The first-order chi connectivity index (χ1) is 3.63. The van der Waals surface area contributed by atoms with Crippen molar-refractivity contribution in [1.82, 2.24) is 0 Å². The largest absolute Gasteiger partial charge is 0.352 e. The molecule has 0 saturated carbocycles. The third-order valence-corrected chi connectivity index (χ3v) is 0.276. The number of carbonyl (C=O) groups is 2. The van der Waals surface area contributed by atoms with Crippen molar-refractivity contribution in [2.45, 2.75) is 13.8 Å². The molecule has 0 aliphatic rings. The van der Waals surface area contributed by atoms with Crippen LogP contribution in [0.1, 0.15) is 13.8 Å². The Morgan fingerprint density at radius 3 is 1.33 bits per heavy atom. The van der Waals surface area contributed by atoms with Crippen LogP contribution in [0.25, 0.3) is 0 Å². The summed E-state index contributed by atoms with van der Waals surface area (Å²) in [6.45, 7) is 2.28. The summed E-state index contributed by atoms with van der Waals surface area (Å²) in [4.78, 5) is 27.3. The van der Waals surface area contributed by atoms with E-state index in [-0.39, 0.29) is 17.1 Å². The van der Waals surface area contributed by atoms with Crippen LogP contribution in [-0.2, 0) is 36.4 Å². The summed E-state index contributed by atoms with van der Waals surface area (Å²) in [5.74, 6) is -1.28. The van der Waals surface area contributed by atoms with Gasteiger partial charge in [0.2, 0.25) is 0 Å². The maximum Gasteiger partial charge on any atom is 0.352 e. The average Bonchev–Trinajstić information content (AvgIpc) is 1.61. The molecule has 57 valence electrons. The van der Waals surface area contributed by atoms with Gasteiger partial charge in [0.1, 0.15) is 0 Å². The molecule has 5 heteroatoms. The first kappa shape index (κ1) is 11.3. The molecule has 0 fully saturated rings. The van der Waals surface area contributed by atoms with Crippen LogP contribution in [0.2, 0.25) is 0 Å². The van der Waals surface area contributed by atoms with E-state index in [1.165, 1.54) is 0 Å². The number of rotatable bonds is 0. The summed E-state index contributed by atoms with van der Waals surface area (Å²) < 4.78 is 0. The predicted molar refractivity (Wildman–Crippen MR) is 23.5 cm³/mol. The van der Waals surface area contributed by atoms with Crippen molar-refractivity contribution in [3.8, 4) is 0 Å². The van der Waals surface area contributed by atoms with Gasteiger partial charge in [0.15, 0.2) is 0 Å². The molecule has 0 aliphatic carbocycles. The van der Waals surface area contributed by atoms with Crippen LogP contribution in [0.4, 0.5) is 0 Å². The summed E-state index contributed by atoms with van der Waals surface area (Å²) in [5.41, 5.74) is 0. The Labute approximate surface area is 62.9 Å². The Hall–Kier alpha value is -0.541. The van der Waals surface area contributed by atoms with E-state index in [0.717, 1.165) is 13.8 Å². The van der Waals surface area contributed by atoms with Crippen LogP contribution in [0.15, 0.2) is 0 Å². The predicted octanol–water partition coefficient (Wildman–Crippen LogP) is 0.0251. The fraction of sp³-hybridized carbons (Fsp3) is 0.500. The van der Waals surface area contributed by atoms with Crippen molar-refractivity contribution in [3.63, 3.8) is 0 Å². The van der Waals surface area contributed by atoms with Crippen molar-refractivity contribution < 1.29 is 36.4 Å². The Morgan fingerprint density at radius 2 is 1.22 bits per heavy atom. The van der Waals surface area contributed by atoms with Crippen LogP contribution in [0.3, 0.4) is 0 Å². The molecule has 0 atom stereocenters. The zero-order valence-corrected chi connectivity index (χ0v) is 5.88. The standard InChI is InChI=1S/C4H6O4.Cu/c1-3(5)7-8-4(2)6;/h1-2H3;. The minimum atomic E-state index is -0.639. The van der Waals surface area contributed by atoms with Gasteiger partial charge in [-0.3, -0.25) is 0 Å². The number of hydrogen-bond donors (Lipinski definition) is 0. The molecule has 0 amide bonds. The van der Waals surface area contributed by atoms with Crippen LogP contribution in [0, 0.1) is 0 Å². The van der Waals surface area contributed by atoms with Gasteiger partial charge in [-0.05, 0) is 0 Å². The van der Waals surface area contributed by atoms with Gasteiger partial charge in [-0.2, -0.15) is 0 Å². The van der Waals surface area contributed by atoms with Gasteiger partial charge in [-0.1, -0.05) is 0 Å². The molecule has 1 radical (unpaired) electrons. The molecule has 0 bridgehead atoms. The third-order valence-electron chi connectivity index (χ3n) is 0.276. The van der Waals surface area contributed by atoms with E-state index in [9.17, 15) is 9.59 Å². The van der Waals surface area contributed by atoms with E-state index in [4.69, 9.17) is 0 Å². The molecular weight excluding hydrogens is 176 g/mol. The van der Waals surface area contributed by atoms with Crippen molar-refractivity contribution in [2.24, 2.45) is 0 Å². The van der Waals surface area contributed by atoms with E-state index < -0.39 is 11.9 Å². The molecule has 0 heterocycles. The molecule has 0 aromatic rings. The van der Waals surface area contributed by atoms with Crippen molar-refractivity contribution in [2.75, 3.05) is 0 Å². The quantitative estimate of drug-likeness (QED) is 0.301. The van der Waals surface area contributed by atoms with Gasteiger partial charge in [-0.15, -0.1) is 0 Å². The van der Waals surface area contributed by atoms with Crippen LogP contribution in [0.5, 0.6) is 0 Å². The second kappa shape index (κ2) is 5.59. The van der Waals surface area contributed by atoms with Gasteiger partial charge in [0, 0.05) is 30.9 Å². The molecule has 0 spiro atoms. The van der Waals surface area contributed by atoms with Gasteiger partial charge in [0.05, 0.1) is 0 Å². The fourth-order valence-electron chi connectivity index (χ4n) is 0.117. The summed E-state index contributed by atoms with van der Waals surface area (Å²) >= 11 is 0. The van der Waals surface area contributed by atoms with Crippen molar-refractivity contribution >= 4 is 11.9 Å². The van der Waals surface area contributed by atoms with Gasteiger partial charge in [-0.25, -0.2) is 19.4 Å². The minimum Gasteiger partial charge on any atom is -0.248 e. The third kappa shape index (κ3) is 11.2. The van der Waals surface area contributed by atoms with Crippen LogP contribution < -0.4 is 0 Å². The maximum atomic E-state index is 9.85. The number of hydrogen-bond acceptors (Lipinski definition) is 4. The minimum absolute atomic E-state index is 0. The molecule has 4 nitrogen and oxygen atoms in total. The van der Waals surface area contributed by atoms with Crippen molar-refractivity contribution in [1.29, 1.82) is 0 Å². The van der Waals surface area contributed by atoms with Crippen LogP contribution in [-0.4, -0.2) is 11.9 Å². The van der Waals surface area contributed by atoms with Crippen LogP contribution >= 0.6 is 0 Å². The molecular formula is C4H6CuO4. The SMILES string of the molecule is CC(=O)OOC(C)=O.[Cu]. The molecule has 0 rings (SSSR count). The topological polar surface area (TPSA) is 52.6 Å². The van der Waals surface area contributed by atoms with Gasteiger partial charge < -0.3 is 0 Å². The second-order valence-electron chi connectivity index (χ2n) is 1.15. The zero-order valence-electron chi connectivity index (χ0n) is 4.93. The van der Waals surface area contributed by atoms with Gasteiger partial charge >= 0.3 is 11.9 Å². The molecule has 0 aliphatic heterocycles. The smallest absolute Gasteiger partial charge is 0.248 e. The first-order valence-electron chi connectivity index (χ1n) is 1.98. The monoisotopic (exact) mass is 181 g/mol. The molecule has 0 aromatic heterocycles. The summed E-state index contributed by atoms with van der Waals surface area (Å²) in [6.07, 6.45) is 0. The molecule has 0 N–H and O–H groups in total. The van der Waals surface area contributed by atoms with E-state index in [0.29, 0.717) is 0 Å². The zero-order chi connectivity index (χ0) is 6.57. The van der Waals surface area contributed by atoms with Gasteiger partial charge in [0.25, 0.3) is 0 Å². The number of carbonyl (C=O) groups excluding carboxylic acids is 2. The molecule has 0 aromatic carbocycles. The van der Waals surface area contributed by atoms with Crippen molar-refractivity contribution in [3.05, 3.63) is 0 Å². The molecule has 9 heavy (non-hydrogen) atoms. The Bertz CT molecular complexity index is 97.1. The summed E-state index contributed by atoms with van der Waals surface area (Å²) in [6, 6.07) is 0. The van der Waals surface area contributed by atoms with E-state index >= 15 is 0 Å². The summed E-state index contributed by atoms with van der Waals surface area (Å²) in [7, 11) is 0. The molecule has 0 unspecified atom stereocenters. The Morgan fingerprint density at radius 1 is 1.00 bits per heavy atom. The fourth-order valence-corrected chi connectivity index (χ4v) is 0.117.